The Hall–Kier alpha value is -4.01. The Balaban J connectivity index is 1.31. The van der Waals surface area contributed by atoms with Gasteiger partial charge in [-0.3, -0.25) is 24.8 Å². The number of nitrogens with zero attached hydrogens (tertiary/aromatic N) is 4. The average molecular weight is 403 g/mol. The summed E-state index contributed by atoms with van der Waals surface area (Å²) in [5.74, 6) is 0.825. The molecule has 2 aromatic heterocycles. The monoisotopic (exact) mass is 403 g/mol. The molecule has 4 heterocycles. The number of nitrogens with one attached hydrogen (secondary N) is 1. The Morgan fingerprint density at radius 3 is 2.63 bits per heavy atom. The van der Waals surface area contributed by atoms with E-state index in [1.807, 2.05) is 12.1 Å². The summed E-state index contributed by atoms with van der Waals surface area (Å²) in [5, 5.41) is 2.23. The van der Waals surface area contributed by atoms with Crippen molar-refractivity contribution in [3.63, 3.8) is 0 Å². The van der Waals surface area contributed by atoms with Gasteiger partial charge in [0.1, 0.15) is 18.0 Å². The molecule has 9 nitrogen and oxygen atoms in total. The molecule has 150 valence electrons. The van der Waals surface area contributed by atoms with E-state index in [0.717, 1.165) is 17.0 Å². The molecule has 5 rings (SSSR count). The van der Waals surface area contributed by atoms with Crippen LogP contribution in [0.15, 0.2) is 53.2 Å². The highest BCUT2D eigenvalue weighted by atomic mass is 16.4. The number of benzene rings is 1. The Morgan fingerprint density at radius 1 is 1.10 bits per heavy atom. The number of aromatic nitrogens is 2. The van der Waals surface area contributed by atoms with Crippen LogP contribution in [0.5, 0.6) is 0 Å². The van der Waals surface area contributed by atoms with E-state index >= 15 is 0 Å². The van der Waals surface area contributed by atoms with Gasteiger partial charge in [0, 0.05) is 36.6 Å². The van der Waals surface area contributed by atoms with E-state index in [-0.39, 0.29) is 18.4 Å². The van der Waals surface area contributed by atoms with E-state index < -0.39 is 6.03 Å². The molecule has 30 heavy (non-hydrogen) atoms. The summed E-state index contributed by atoms with van der Waals surface area (Å²) >= 11 is 0. The molecule has 0 bridgehead atoms. The first-order valence-corrected chi connectivity index (χ1v) is 9.48. The van der Waals surface area contributed by atoms with Crippen molar-refractivity contribution < 1.29 is 18.8 Å². The Labute approximate surface area is 171 Å². The smallest absolute Gasteiger partial charge is 0.329 e. The lowest BCUT2D eigenvalue weighted by Gasteiger charge is -2.25. The molecule has 0 radical (unpaired) electrons. The topological polar surface area (TPSA) is 109 Å². The lowest BCUT2D eigenvalue weighted by Crippen LogP contribution is -2.35. The van der Waals surface area contributed by atoms with Gasteiger partial charge in [0.15, 0.2) is 0 Å². The van der Waals surface area contributed by atoms with Crippen LogP contribution in [0.25, 0.3) is 11.5 Å². The summed E-state index contributed by atoms with van der Waals surface area (Å²) in [7, 11) is 0. The number of hydrogen-bond acceptors (Lipinski definition) is 6. The van der Waals surface area contributed by atoms with Gasteiger partial charge in [-0.1, -0.05) is 0 Å². The van der Waals surface area contributed by atoms with Gasteiger partial charge < -0.3 is 9.32 Å². The van der Waals surface area contributed by atoms with Crippen LogP contribution < -0.4 is 10.2 Å². The number of rotatable bonds is 3. The summed E-state index contributed by atoms with van der Waals surface area (Å²) in [6.07, 6.45) is 3.96. The van der Waals surface area contributed by atoms with Gasteiger partial charge in [-0.05, 0) is 36.4 Å². The first-order chi connectivity index (χ1) is 14.6. The molecule has 2 aliphatic heterocycles. The number of carbonyl (C=O) groups excluding carboxylic acids is 3. The normalized spacial score (nSPS) is 15.9. The van der Waals surface area contributed by atoms with Crippen molar-refractivity contribution >= 4 is 23.5 Å². The zero-order valence-corrected chi connectivity index (χ0v) is 15.9. The van der Waals surface area contributed by atoms with Crippen molar-refractivity contribution in [2.24, 2.45) is 0 Å². The molecule has 0 atom stereocenters. The number of carbonyl (C=O) groups is 3. The number of anilines is 1. The summed E-state index contributed by atoms with van der Waals surface area (Å²) in [6.45, 7) is 0.869. The van der Waals surface area contributed by atoms with E-state index in [1.54, 1.807) is 41.6 Å². The third kappa shape index (κ3) is 3.20. The fraction of sp³-hybridized carbons (Fsp3) is 0.190. The largest absolute Gasteiger partial charge is 0.441 e. The van der Waals surface area contributed by atoms with Gasteiger partial charge in [0.05, 0.1) is 12.1 Å². The molecule has 3 aromatic rings. The fourth-order valence-corrected chi connectivity index (χ4v) is 3.60. The lowest BCUT2D eigenvalue weighted by atomic mass is 10.1. The lowest BCUT2D eigenvalue weighted by molar-refractivity contribution is -0.117. The van der Waals surface area contributed by atoms with Crippen LogP contribution in [-0.4, -0.2) is 45.8 Å². The van der Waals surface area contributed by atoms with Crippen LogP contribution in [0.3, 0.4) is 0 Å². The highest BCUT2D eigenvalue weighted by molar-refractivity contribution is 6.12. The molecule has 0 unspecified atom stereocenters. The number of hydrogen-bond donors (Lipinski definition) is 1. The minimum absolute atomic E-state index is 0.0214. The van der Waals surface area contributed by atoms with Crippen LogP contribution in [-0.2, 0) is 17.8 Å². The first-order valence-electron chi connectivity index (χ1n) is 9.48. The summed E-state index contributed by atoms with van der Waals surface area (Å²) in [5.41, 5.74) is 2.61. The second kappa shape index (κ2) is 7.11. The zero-order valence-electron chi connectivity index (χ0n) is 15.9. The van der Waals surface area contributed by atoms with Crippen LogP contribution >= 0.6 is 0 Å². The van der Waals surface area contributed by atoms with E-state index in [4.69, 9.17) is 4.42 Å². The molecular weight excluding hydrogens is 386 g/mol. The van der Waals surface area contributed by atoms with Crippen molar-refractivity contribution in [2.75, 3.05) is 18.0 Å². The fourth-order valence-electron chi connectivity index (χ4n) is 3.60. The van der Waals surface area contributed by atoms with Gasteiger partial charge in [-0.25, -0.2) is 9.78 Å². The van der Waals surface area contributed by atoms with Crippen molar-refractivity contribution in [3.05, 3.63) is 65.8 Å². The average Bonchev–Trinajstić information content (AvgIpc) is 3.36. The molecule has 1 saturated heterocycles. The number of imide groups is 1. The Bertz CT molecular complexity index is 1140. The predicted molar refractivity (Wildman–Crippen MR) is 106 cm³/mol. The highest BCUT2D eigenvalue weighted by Gasteiger charge is 2.29. The van der Waals surface area contributed by atoms with Gasteiger partial charge >= 0.3 is 6.03 Å². The zero-order chi connectivity index (χ0) is 20.7. The van der Waals surface area contributed by atoms with E-state index in [1.165, 1.54) is 4.90 Å². The molecule has 1 aromatic carbocycles. The van der Waals surface area contributed by atoms with Crippen molar-refractivity contribution in [3.8, 4) is 11.5 Å². The van der Waals surface area contributed by atoms with Gasteiger partial charge in [0.2, 0.25) is 11.8 Å². The Kier molecular flexibility index (Phi) is 4.27. The number of pyridine rings is 1. The van der Waals surface area contributed by atoms with E-state index in [9.17, 15) is 14.4 Å². The van der Waals surface area contributed by atoms with Crippen molar-refractivity contribution in [1.29, 1.82) is 0 Å². The van der Waals surface area contributed by atoms with E-state index in [0.29, 0.717) is 36.7 Å². The standard InChI is InChI=1S/C21H17N5O4/c27-18-12-26(21(29)24-18)15-5-3-13(4-6-15)20(28)25-9-7-17-16(11-25)23-19(30-17)14-2-1-8-22-10-14/h1-6,8,10H,7,9,11-12H2,(H,24,27,29). The van der Waals surface area contributed by atoms with Gasteiger partial charge in [-0.15, -0.1) is 0 Å². The minimum atomic E-state index is -0.460. The third-order valence-electron chi connectivity index (χ3n) is 5.14. The molecule has 9 heteroatoms. The Morgan fingerprint density at radius 2 is 1.93 bits per heavy atom. The molecule has 1 fully saturated rings. The number of amides is 4. The summed E-state index contributed by atoms with van der Waals surface area (Å²) in [6, 6.07) is 9.88. The van der Waals surface area contributed by atoms with Crippen LogP contribution in [0.2, 0.25) is 0 Å². The highest BCUT2D eigenvalue weighted by Crippen LogP contribution is 2.27. The van der Waals surface area contributed by atoms with Crippen molar-refractivity contribution in [1.82, 2.24) is 20.2 Å². The second-order valence-corrected chi connectivity index (χ2v) is 7.09. The van der Waals surface area contributed by atoms with Crippen molar-refractivity contribution in [2.45, 2.75) is 13.0 Å². The minimum Gasteiger partial charge on any atom is -0.441 e. The van der Waals surface area contributed by atoms with Gasteiger partial charge in [-0.2, -0.15) is 0 Å². The van der Waals surface area contributed by atoms with Crippen LogP contribution in [0.4, 0.5) is 10.5 Å². The van der Waals surface area contributed by atoms with Crippen LogP contribution in [0.1, 0.15) is 21.8 Å². The molecule has 4 amide bonds. The maximum absolute atomic E-state index is 12.9. The third-order valence-corrected chi connectivity index (χ3v) is 5.14. The molecule has 0 aliphatic carbocycles. The predicted octanol–water partition coefficient (Wildman–Crippen LogP) is 1.99. The molecule has 0 saturated carbocycles. The maximum Gasteiger partial charge on any atom is 0.329 e. The SMILES string of the molecule is O=C1CN(c2ccc(C(=O)N3CCc4oc(-c5cccnc5)nc4C3)cc2)C(=O)N1. The van der Waals surface area contributed by atoms with Gasteiger partial charge in [0.25, 0.3) is 5.91 Å². The molecular formula is C21H17N5O4. The van der Waals surface area contributed by atoms with E-state index in [2.05, 4.69) is 15.3 Å². The summed E-state index contributed by atoms with van der Waals surface area (Å²) < 4.78 is 5.86. The number of fused-ring (bicyclic) bond motifs is 1. The first kappa shape index (κ1) is 18.0. The molecule has 2 aliphatic rings. The van der Waals surface area contributed by atoms with Crippen LogP contribution in [0, 0.1) is 0 Å². The summed E-state index contributed by atoms with van der Waals surface area (Å²) in [4.78, 5) is 47.8. The molecule has 1 N–H and O–H groups in total. The second-order valence-electron chi connectivity index (χ2n) is 7.09. The number of urea groups is 1. The quantitative estimate of drug-likeness (QED) is 0.670. The maximum atomic E-state index is 12.9. The molecule has 0 spiro atoms. The number of oxazole rings is 1.